The second-order valence-electron chi connectivity index (χ2n) is 2.86. The highest BCUT2D eigenvalue weighted by Crippen LogP contribution is 2.05. The lowest BCUT2D eigenvalue weighted by Crippen LogP contribution is -2.20. The van der Waals surface area contributed by atoms with E-state index in [1.165, 1.54) is 6.07 Å². The molecule has 3 N–H and O–H groups in total. The SMILES string of the molecule is CC(CO)Nc1cc(C(=O)O)cnn1. The average molecular weight is 197 g/mol. The van der Waals surface area contributed by atoms with Crippen molar-refractivity contribution in [1.82, 2.24) is 10.2 Å². The third-order valence-corrected chi connectivity index (χ3v) is 1.57. The van der Waals surface area contributed by atoms with Crippen molar-refractivity contribution in [2.24, 2.45) is 0 Å². The number of nitrogens with zero attached hydrogens (tertiary/aromatic N) is 2. The predicted octanol–water partition coefficient (Wildman–Crippen LogP) is -0.0325. The lowest BCUT2D eigenvalue weighted by molar-refractivity contribution is 0.0696. The van der Waals surface area contributed by atoms with Crippen LogP contribution >= 0.6 is 0 Å². The van der Waals surface area contributed by atoms with Crippen molar-refractivity contribution in [1.29, 1.82) is 0 Å². The largest absolute Gasteiger partial charge is 0.478 e. The molecule has 6 nitrogen and oxygen atoms in total. The van der Waals surface area contributed by atoms with Crippen molar-refractivity contribution in [2.45, 2.75) is 13.0 Å². The lowest BCUT2D eigenvalue weighted by Gasteiger charge is -2.10. The Morgan fingerprint density at radius 3 is 3.00 bits per heavy atom. The maximum Gasteiger partial charge on any atom is 0.337 e. The third kappa shape index (κ3) is 2.67. The molecule has 0 saturated carbocycles. The highest BCUT2D eigenvalue weighted by atomic mass is 16.4. The van der Waals surface area contributed by atoms with E-state index >= 15 is 0 Å². The number of carbonyl (C=O) groups is 1. The van der Waals surface area contributed by atoms with Gasteiger partial charge in [0.15, 0.2) is 0 Å². The number of aliphatic hydroxyl groups excluding tert-OH is 1. The molecule has 6 heteroatoms. The number of nitrogens with one attached hydrogen (secondary N) is 1. The standard InChI is InChI=1S/C8H11N3O3/c1-5(4-12)10-7-2-6(8(13)14)3-9-11-7/h2-3,5,12H,4H2,1H3,(H,10,11)(H,13,14). The van der Waals surface area contributed by atoms with Crippen molar-refractivity contribution in [3.8, 4) is 0 Å². The number of carboxylic acids is 1. The summed E-state index contributed by atoms with van der Waals surface area (Å²) < 4.78 is 0. The number of rotatable bonds is 4. The predicted molar refractivity (Wildman–Crippen MR) is 49.2 cm³/mol. The number of hydrogen-bond donors (Lipinski definition) is 3. The Kier molecular flexibility index (Phi) is 3.35. The summed E-state index contributed by atoms with van der Waals surface area (Å²) in [6, 6.07) is 1.18. The molecule has 1 heterocycles. The molecule has 14 heavy (non-hydrogen) atoms. The number of aromatic nitrogens is 2. The van der Waals surface area contributed by atoms with Crippen LogP contribution in [0.2, 0.25) is 0 Å². The molecule has 0 radical (unpaired) electrons. The molecule has 0 aliphatic heterocycles. The normalized spacial score (nSPS) is 12.1. The quantitative estimate of drug-likeness (QED) is 0.627. The van der Waals surface area contributed by atoms with Gasteiger partial charge >= 0.3 is 5.97 Å². The molecule has 0 bridgehead atoms. The fraction of sp³-hybridized carbons (Fsp3) is 0.375. The minimum absolute atomic E-state index is 0.0566. The highest BCUT2D eigenvalue weighted by molar-refractivity contribution is 5.87. The summed E-state index contributed by atoms with van der Waals surface area (Å²) in [5, 5.41) is 27.4. The first kappa shape index (κ1) is 10.4. The average Bonchev–Trinajstić information content (AvgIpc) is 2.18. The van der Waals surface area contributed by atoms with E-state index in [1.807, 2.05) is 0 Å². The van der Waals surface area contributed by atoms with E-state index in [4.69, 9.17) is 10.2 Å². The fourth-order valence-electron chi connectivity index (χ4n) is 0.852. The molecular weight excluding hydrogens is 186 g/mol. The van der Waals surface area contributed by atoms with Crippen molar-refractivity contribution in [3.63, 3.8) is 0 Å². The fourth-order valence-corrected chi connectivity index (χ4v) is 0.852. The zero-order chi connectivity index (χ0) is 10.6. The number of aliphatic hydroxyl groups is 1. The number of hydrogen-bond acceptors (Lipinski definition) is 5. The molecule has 76 valence electrons. The minimum atomic E-state index is -1.06. The van der Waals surface area contributed by atoms with Gasteiger partial charge in [0.1, 0.15) is 5.82 Å². The summed E-state index contributed by atoms with van der Waals surface area (Å²) >= 11 is 0. The topological polar surface area (TPSA) is 95.3 Å². The van der Waals surface area contributed by atoms with Crippen molar-refractivity contribution < 1.29 is 15.0 Å². The van der Waals surface area contributed by atoms with Crippen LogP contribution in [0.25, 0.3) is 0 Å². The van der Waals surface area contributed by atoms with Gasteiger partial charge in [0.2, 0.25) is 0 Å². The van der Waals surface area contributed by atoms with Crippen LogP contribution in [-0.4, -0.2) is 39.0 Å². The van der Waals surface area contributed by atoms with Crippen molar-refractivity contribution in [2.75, 3.05) is 11.9 Å². The molecule has 1 aromatic rings. The first-order valence-electron chi connectivity index (χ1n) is 4.07. The van der Waals surface area contributed by atoms with Crippen LogP contribution in [0.5, 0.6) is 0 Å². The van der Waals surface area contributed by atoms with E-state index in [-0.39, 0.29) is 18.2 Å². The Bertz CT molecular complexity index is 329. The zero-order valence-electron chi connectivity index (χ0n) is 7.64. The third-order valence-electron chi connectivity index (χ3n) is 1.57. The van der Waals surface area contributed by atoms with Gasteiger partial charge in [-0.15, -0.1) is 5.10 Å². The van der Waals surface area contributed by atoms with Crippen LogP contribution in [0.4, 0.5) is 5.82 Å². The smallest absolute Gasteiger partial charge is 0.337 e. The first-order chi connectivity index (χ1) is 6.63. The van der Waals surface area contributed by atoms with Gasteiger partial charge in [-0.2, -0.15) is 5.10 Å². The molecule has 1 rings (SSSR count). The second kappa shape index (κ2) is 4.52. The lowest BCUT2D eigenvalue weighted by atomic mass is 10.3. The molecule has 1 aromatic heterocycles. The summed E-state index contributed by atoms with van der Waals surface area (Å²) in [4.78, 5) is 10.6. The van der Waals surface area contributed by atoms with Gasteiger partial charge in [-0.25, -0.2) is 4.79 Å². The summed E-state index contributed by atoms with van der Waals surface area (Å²) in [6.07, 6.45) is 1.16. The van der Waals surface area contributed by atoms with Gasteiger partial charge in [-0.3, -0.25) is 0 Å². The van der Waals surface area contributed by atoms with Crippen LogP contribution in [0, 0.1) is 0 Å². The van der Waals surface area contributed by atoms with Gasteiger partial charge in [0.05, 0.1) is 18.4 Å². The summed E-state index contributed by atoms with van der Waals surface area (Å²) in [7, 11) is 0. The Morgan fingerprint density at radius 1 is 1.71 bits per heavy atom. The van der Waals surface area contributed by atoms with E-state index in [0.29, 0.717) is 5.82 Å². The monoisotopic (exact) mass is 197 g/mol. The second-order valence-corrected chi connectivity index (χ2v) is 2.86. The van der Waals surface area contributed by atoms with Gasteiger partial charge in [0.25, 0.3) is 0 Å². The van der Waals surface area contributed by atoms with Crippen LogP contribution in [0.3, 0.4) is 0 Å². The van der Waals surface area contributed by atoms with E-state index in [2.05, 4.69) is 15.5 Å². The van der Waals surface area contributed by atoms with Crippen molar-refractivity contribution >= 4 is 11.8 Å². The number of carboxylic acid groups (broad SMARTS) is 1. The zero-order valence-corrected chi connectivity index (χ0v) is 7.64. The summed E-state index contributed by atoms with van der Waals surface area (Å²) in [6.45, 7) is 1.69. The summed E-state index contributed by atoms with van der Waals surface area (Å²) in [5.41, 5.74) is 0.0626. The Labute approximate surface area is 80.6 Å². The maximum absolute atomic E-state index is 10.6. The molecule has 1 unspecified atom stereocenters. The first-order valence-corrected chi connectivity index (χ1v) is 4.07. The molecule has 0 aliphatic carbocycles. The van der Waals surface area contributed by atoms with Gasteiger partial charge < -0.3 is 15.5 Å². The van der Waals surface area contributed by atoms with E-state index in [0.717, 1.165) is 6.20 Å². The molecule has 0 aliphatic rings. The Morgan fingerprint density at radius 2 is 2.43 bits per heavy atom. The van der Waals surface area contributed by atoms with E-state index in [1.54, 1.807) is 6.92 Å². The molecule has 0 saturated heterocycles. The van der Waals surface area contributed by atoms with Crippen LogP contribution in [0.15, 0.2) is 12.3 Å². The molecule has 0 spiro atoms. The van der Waals surface area contributed by atoms with Crippen LogP contribution in [-0.2, 0) is 0 Å². The molecule has 0 fully saturated rings. The Balaban J connectivity index is 2.78. The molecule has 0 amide bonds. The van der Waals surface area contributed by atoms with Gasteiger partial charge in [0, 0.05) is 6.04 Å². The van der Waals surface area contributed by atoms with Crippen molar-refractivity contribution in [3.05, 3.63) is 17.8 Å². The van der Waals surface area contributed by atoms with Crippen LogP contribution < -0.4 is 5.32 Å². The van der Waals surface area contributed by atoms with Gasteiger partial charge in [-0.1, -0.05) is 0 Å². The van der Waals surface area contributed by atoms with E-state index in [9.17, 15) is 4.79 Å². The number of aromatic carboxylic acids is 1. The maximum atomic E-state index is 10.6. The molecular formula is C8H11N3O3. The number of anilines is 1. The summed E-state index contributed by atoms with van der Waals surface area (Å²) in [5.74, 6) is -0.717. The van der Waals surface area contributed by atoms with Crippen LogP contribution in [0.1, 0.15) is 17.3 Å². The Hall–Kier alpha value is -1.69. The highest BCUT2D eigenvalue weighted by Gasteiger charge is 2.06. The van der Waals surface area contributed by atoms with Gasteiger partial charge in [-0.05, 0) is 13.0 Å². The van der Waals surface area contributed by atoms with E-state index < -0.39 is 5.97 Å². The molecule has 0 aromatic carbocycles. The molecule has 1 atom stereocenters. The minimum Gasteiger partial charge on any atom is -0.478 e.